The molecule has 2 rings (SSSR count). The van der Waals surface area contributed by atoms with Gasteiger partial charge in [-0.05, 0) is 25.1 Å². The van der Waals surface area contributed by atoms with Crippen molar-refractivity contribution in [2.24, 2.45) is 5.41 Å². The van der Waals surface area contributed by atoms with Crippen LogP contribution in [0.1, 0.15) is 27.7 Å². The van der Waals surface area contributed by atoms with Crippen LogP contribution >= 0.6 is 35.0 Å². The van der Waals surface area contributed by atoms with Gasteiger partial charge in [-0.15, -0.1) is 0 Å². The molecule has 0 aromatic heterocycles. The predicted molar refractivity (Wildman–Crippen MR) is 106 cm³/mol. The van der Waals surface area contributed by atoms with Crippen LogP contribution in [0.15, 0.2) is 29.3 Å². The second-order valence-corrected chi connectivity index (χ2v) is 8.78. The Morgan fingerprint density at radius 2 is 1.96 bits per heavy atom. The first kappa shape index (κ1) is 20.8. The van der Waals surface area contributed by atoms with Crippen molar-refractivity contribution in [1.82, 2.24) is 4.90 Å². The standard InChI is InChI=1S/C18H20Cl2N2O3S/c1-10(17(25)21-13-6-5-11(19)7-12(13)20)22-15(24)9-26-16(22)8-14(23)18(2,3)4/h5-8,10H,9H2,1-4H3,(H,21,25)/b16-8-/t10-/m0/s1. The van der Waals surface area contributed by atoms with Crippen LogP contribution in [0.2, 0.25) is 10.0 Å². The van der Waals surface area contributed by atoms with Crippen molar-refractivity contribution < 1.29 is 14.4 Å². The minimum Gasteiger partial charge on any atom is -0.323 e. The summed E-state index contributed by atoms with van der Waals surface area (Å²) in [6, 6.07) is 3.93. The van der Waals surface area contributed by atoms with Gasteiger partial charge in [-0.25, -0.2) is 0 Å². The van der Waals surface area contributed by atoms with Gasteiger partial charge in [-0.1, -0.05) is 55.7 Å². The van der Waals surface area contributed by atoms with Crippen LogP contribution in [-0.2, 0) is 14.4 Å². The Morgan fingerprint density at radius 1 is 1.31 bits per heavy atom. The second kappa shape index (κ2) is 8.03. The molecule has 1 saturated heterocycles. The number of amides is 2. The first-order valence-electron chi connectivity index (χ1n) is 7.97. The number of nitrogens with zero attached hydrogens (tertiary/aromatic N) is 1. The SMILES string of the molecule is C[C@@H](C(=O)Nc1ccc(Cl)cc1Cl)N1C(=O)CS/C1=C\C(=O)C(C)(C)C. The largest absolute Gasteiger partial charge is 0.323 e. The maximum Gasteiger partial charge on any atom is 0.247 e. The van der Waals surface area contributed by atoms with Crippen LogP contribution in [0, 0.1) is 5.41 Å². The van der Waals surface area contributed by atoms with E-state index in [1.165, 1.54) is 28.8 Å². The molecule has 1 heterocycles. The van der Waals surface area contributed by atoms with E-state index in [0.29, 0.717) is 20.8 Å². The monoisotopic (exact) mass is 414 g/mol. The Morgan fingerprint density at radius 3 is 2.54 bits per heavy atom. The van der Waals surface area contributed by atoms with Gasteiger partial charge in [0.25, 0.3) is 0 Å². The normalized spacial score (nSPS) is 17.5. The number of carbonyl (C=O) groups excluding carboxylic acids is 3. The molecule has 140 valence electrons. The quantitative estimate of drug-likeness (QED) is 0.743. The number of benzene rings is 1. The minimum atomic E-state index is -0.789. The second-order valence-electron chi connectivity index (χ2n) is 6.94. The predicted octanol–water partition coefficient (Wildman–Crippen LogP) is 4.35. The number of hydrogen-bond donors (Lipinski definition) is 1. The van der Waals surface area contributed by atoms with Crippen LogP contribution in [0.25, 0.3) is 0 Å². The Bertz CT molecular complexity index is 787. The number of allylic oxidation sites excluding steroid dienone is 1. The molecule has 1 aliphatic rings. The highest BCUT2D eigenvalue weighted by atomic mass is 35.5. The highest BCUT2D eigenvalue weighted by Crippen LogP contribution is 2.33. The summed E-state index contributed by atoms with van der Waals surface area (Å²) in [5.41, 5.74) is -0.156. The maximum absolute atomic E-state index is 12.6. The molecule has 1 atom stereocenters. The summed E-state index contributed by atoms with van der Waals surface area (Å²) in [6.07, 6.45) is 1.44. The summed E-state index contributed by atoms with van der Waals surface area (Å²) >= 11 is 13.2. The van der Waals surface area contributed by atoms with Gasteiger partial charge in [-0.2, -0.15) is 0 Å². The van der Waals surface area contributed by atoms with Gasteiger partial charge in [0.2, 0.25) is 11.8 Å². The number of hydrogen-bond acceptors (Lipinski definition) is 4. The average Bonchev–Trinajstić information content (AvgIpc) is 2.89. The maximum atomic E-state index is 12.6. The molecule has 5 nitrogen and oxygen atoms in total. The van der Waals surface area contributed by atoms with Gasteiger partial charge in [0.15, 0.2) is 5.78 Å². The summed E-state index contributed by atoms with van der Waals surface area (Å²) in [5.74, 6) is -0.525. The van der Waals surface area contributed by atoms with Crippen molar-refractivity contribution in [1.29, 1.82) is 0 Å². The van der Waals surface area contributed by atoms with E-state index < -0.39 is 17.4 Å². The number of nitrogens with one attached hydrogen (secondary N) is 1. The molecule has 1 aliphatic heterocycles. The fourth-order valence-corrected chi connectivity index (χ4v) is 3.65. The third-order valence-corrected chi connectivity index (χ3v) is 5.35. The Labute approximate surface area is 167 Å². The number of rotatable bonds is 4. The third kappa shape index (κ3) is 4.81. The van der Waals surface area contributed by atoms with E-state index in [2.05, 4.69) is 5.32 Å². The molecule has 1 aromatic carbocycles. The minimum absolute atomic E-state index is 0.104. The highest BCUT2D eigenvalue weighted by molar-refractivity contribution is 8.04. The molecule has 0 radical (unpaired) electrons. The summed E-state index contributed by atoms with van der Waals surface area (Å²) in [4.78, 5) is 38.5. The number of anilines is 1. The summed E-state index contributed by atoms with van der Waals surface area (Å²) < 4.78 is 0. The van der Waals surface area contributed by atoms with E-state index in [4.69, 9.17) is 23.2 Å². The number of carbonyl (C=O) groups is 3. The molecule has 8 heteroatoms. The molecule has 0 unspecified atom stereocenters. The van der Waals surface area contributed by atoms with Crippen molar-refractivity contribution >= 4 is 58.2 Å². The van der Waals surface area contributed by atoms with Crippen molar-refractivity contribution in [2.45, 2.75) is 33.7 Å². The number of ketones is 1. The summed E-state index contributed by atoms with van der Waals surface area (Å²) in [5, 5.41) is 3.94. The van der Waals surface area contributed by atoms with E-state index >= 15 is 0 Å². The summed E-state index contributed by atoms with van der Waals surface area (Å²) in [7, 11) is 0. The molecule has 2 amide bonds. The average molecular weight is 415 g/mol. The van der Waals surface area contributed by atoms with Crippen molar-refractivity contribution in [3.8, 4) is 0 Å². The lowest BCUT2D eigenvalue weighted by Crippen LogP contribution is -2.42. The van der Waals surface area contributed by atoms with Crippen LogP contribution < -0.4 is 5.32 Å². The molecule has 0 saturated carbocycles. The van der Waals surface area contributed by atoms with E-state index in [9.17, 15) is 14.4 Å². The molecule has 1 N–H and O–H groups in total. The first-order valence-corrected chi connectivity index (χ1v) is 9.72. The topological polar surface area (TPSA) is 66.5 Å². The van der Waals surface area contributed by atoms with Gasteiger partial charge in [-0.3, -0.25) is 19.3 Å². The molecule has 0 bridgehead atoms. The zero-order chi connectivity index (χ0) is 19.6. The van der Waals surface area contributed by atoms with Crippen LogP contribution in [0.3, 0.4) is 0 Å². The van der Waals surface area contributed by atoms with Crippen molar-refractivity contribution in [2.75, 3.05) is 11.1 Å². The fraction of sp³-hybridized carbons (Fsp3) is 0.389. The molecule has 1 aromatic rings. The van der Waals surface area contributed by atoms with Crippen molar-refractivity contribution in [3.63, 3.8) is 0 Å². The zero-order valence-corrected chi connectivity index (χ0v) is 17.3. The lowest BCUT2D eigenvalue weighted by atomic mass is 9.91. The lowest BCUT2D eigenvalue weighted by Gasteiger charge is -2.25. The highest BCUT2D eigenvalue weighted by Gasteiger charge is 2.35. The number of halogens is 2. The van der Waals surface area contributed by atoms with E-state index in [0.717, 1.165) is 0 Å². The molecule has 0 aliphatic carbocycles. The molecular weight excluding hydrogens is 395 g/mol. The van der Waals surface area contributed by atoms with E-state index in [1.54, 1.807) is 39.8 Å². The fourth-order valence-electron chi connectivity index (χ4n) is 2.19. The number of thioether (sulfide) groups is 1. The Balaban J connectivity index is 2.21. The van der Waals surface area contributed by atoms with Crippen LogP contribution in [0.4, 0.5) is 5.69 Å². The Kier molecular flexibility index (Phi) is 6.42. The van der Waals surface area contributed by atoms with Crippen LogP contribution in [-0.4, -0.2) is 34.3 Å². The molecule has 26 heavy (non-hydrogen) atoms. The van der Waals surface area contributed by atoms with Gasteiger partial charge in [0, 0.05) is 16.5 Å². The summed E-state index contributed by atoms with van der Waals surface area (Å²) in [6.45, 7) is 7.02. The molecule has 0 spiro atoms. The van der Waals surface area contributed by atoms with Gasteiger partial charge >= 0.3 is 0 Å². The van der Waals surface area contributed by atoms with Gasteiger partial charge in [0.05, 0.1) is 21.5 Å². The van der Waals surface area contributed by atoms with Crippen molar-refractivity contribution in [3.05, 3.63) is 39.3 Å². The van der Waals surface area contributed by atoms with Gasteiger partial charge in [0.1, 0.15) is 6.04 Å². The Hall–Kier alpha value is -1.50. The zero-order valence-electron chi connectivity index (χ0n) is 14.9. The van der Waals surface area contributed by atoms with E-state index in [1.807, 2.05) is 0 Å². The van der Waals surface area contributed by atoms with Crippen LogP contribution in [0.5, 0.6) is 0 Å². The van der Waals surface area contributed by atoms with E-state index in [-0.39, 0.29) is 17.4 Å². The molecular formula is C18H20Cl2N2O3S. The first-order chi connectivity index (χ1) is 12.0. The smallest absolute Gasteiger partial charge is 0.247 e. The van der Waals surface area contributed by atoms with Gasteiger partial charge < -0.3 is 5.32 Å². The molecule has 1 fully saturated rings. The lowest BCUT2D eigenvalue weighted by molar-refractivity contribution is -0.132. The third-order valence-electron chi connectivity index (χ3n) is 3.80.